The SMILES string of the molecule is C#C.CCN1CCCCC1.COc1cc(C(=O)N(C)C/C(C)=C/c2ccccc2)cc(OC)c1OC. The van der Waals surface area contributed by atoms with Crippen molar-refractivity contribution in [3.8, 4) is 30.1 Å². The minimum absolute atomic E-state index is 0.120. The van der Waals surface area contributed by atoms with Crippen LogP contribution in [0.2, 0.25) is 0 Å². The summed E-state index contributed by atoms with van der Waals surface area (Å²) in [6.07, 6.45) is 14.4. The number of carbonyl (C=O) groups excluding carboxylic acids is 1. The van der Waals surface area contributed by atoms with Gasteiger partial charge >= 0.3 is 0 Å². The third-order valence-corrected chi connectivity index (χ3v) is 5.85. The van der Waals surface area contributed by atoms with Crippen molar-refractivity contribution in [2.45, 2.75) is 33.1 Å². The molecule has 1 aliphatic rings. The molecule has 0 radical (unpaired) electrons. The van der Waals surface area contributed by atoms with Gasteiger partial charge in [0.25, 0.3) is 5.91 Å². The summed E-state index contributed by atoms with van der Waals surface area (Å²) < 4.78 is 15.9. The van der Waals surface area contributed by atoms with E-state index < -0.39 is 0 Å². The summed E-state index contributed by atoms with van der Waals surface area (Å²) in [5.74, 6) is 1.26. The smallest absolute Gasteiger partial charge is 0.254 e. The Hall–Kier alpha value is -3.43. The second kappa shape index (κ2) is 17.1. The highest BCUT2D eigenvalue weighted by Gasteiger charge is 2.19. The van der Waals surface area contributed by atoms with Crippen molar-refractivity contribution in [2.24, 2.45) is 0 Å². The maximum Gasteiger partial charge on any atom is 0.254 e. The normalized spacial score (nSPS) is 13.3. The Morgan fingerprint density at radius 2 is 1.53 bits per heavy atom. The van der Waals surface area contributed by atoms with E-state index in [1.54, 1.807) is 24.1 Å². The quantitative estimate of drug-likeness (QED) is 0.445. The fourth-order valence-electron chi connectivity index (χ4n) is 4.03. The first-order valence-corrected chi connectivity index (χ1v) is 12.3. The van der Waals surface area contributed by atoms with E-state index in [2.05, 4.69) is 30.7 Å². The van der Waals surface area contributed by atoms with Crippen LogP contribution in [0.3, 0.4) is 0 Å². The van der Waals surface area contributed by atoms with Gasteiger partial charge in [-0.05, 0) is 57.1 Å². The fraction of sp³-hybridized carbons (Fsp3) is 0.433. The third-order valence-electron chi connectivity index (χ3n) is 5.85. The monoisotopic (exact) mass is 494 g/mol. The van der Waals surface area contributed by atoms with Crippen LogP contribution in [-0.2, 0) is 0 Å². The van der Waals surface area contributed by atoms with Gasteiger partial charge in [-0.15, -0.1) is 12.8 Å². The zero-order chi connectivity index (χ0) is 26.9. The molecule has 0 atom stereocenters. The molecule has 1 amide bonds. The number of benzene rings is 2. The van der Waals surface area contributed by atoms with Crippen molar-refractivity contribution in [1.29, 1.82) is 0 Å². The molecule has 1 saturated heterocycles. The van der Waals surface area contributed by atoms with Crippen LogP contribution < -0.4 is 14.2 Å². The molecule has 1 fully saturated rings. The Kier molecular flexibility index (Phi) is 14.5. The number of carbonyl (C=O) groups is 1. The van der Waals surface area contributed by atoms with Gasteiger partial charge in [0.1, 0.15) is 0 Å². The molecule has 6 heteroatoms. The minimum atomic E-state index is -0.120. The van der Waals surface area contributed by atoms with E-state index in [1.165, 1.54) is 60.2 Å². The largest absolute Gasteiger partial charge is 0.493 e. The number of hydrogen-bond donors (Lipinski definition) is 0. The third kappa shape index (κ3) is 9.67. The lowest BCUT2D eigenvalue weighted by Crippen LogP contribution is -2.29. The van der Waals surface area contributed by atoms with E-state index >= 15 is 0 Å². The molecule has 36 heavy (non-hydrogen) atoms. The van der Waals surface area contributed by atoms with Crippen molar-refractivity contribution in [3.05, 3.63) is 59.2 Å². The molecule has 0 bridgehead atoms. The van der Waals surface area contributed by atoms with Gasteiger partial charge in [-0.1, -0.05) is 55.3 Å². The number of piperidine rings is 1. The van der Waals surface area contributed by atoms with Crippen molar-refractivity contribution in [1.82, 2.24) is 9.80 Å². The number of rotatable bonds is 8. The number of hydrogen-bond acceptors (Lipinski definition) is 5. The Balaban J connectivity index is 0.000000543. The zero-order valence-corrected chi connectivity index (χ0v) is 22.8. The van der Waals surface area contributed by atoms with E-state index in [0.29, 0.717) is 29.4 Å². The highest BCUT2D eigenvalue weighted by atomic mass is 16.5. The highest BCUT2D eigenvalue weighted by Crippen LogP contribution is 2.38. The molecule has 0 N–H and O–H groups in total. The predicted octanol–water partition coefficient (Wildman–Crippen LogP) is 5.63. The fourth-order valence-corrected chi connectivity index (χ4v) is 4.03. The number of likely N-dealkylation sites (tertiary alicyclic amines) is 1. The summed E-state index contributed by atoms with van der Waals surface area (Å²) in [6.45, 7) is 8.70. The number of likely N-dealkylation sites (N-methyl/N-ethyl adjacent to an activating group) is 1. The van der Waals surface area contributed by atoms with Crippen LogP contribution in [0.1, 0.15) is 49.0 Å². The van der Waals surface area contributed by atoms with E-state index in [9.17, 15) is 4.79 Å². The summed E-state index contributed by atoms with van der Waals surface area (Å²) in [5, 5.41) is 0. The Labute approximate surface area is 217 Å². The molecule has 3 rings (SSSR count). The molecular formula is C30H42N2O4. The van der Waals surface area contributed by atoms with Gasteiger partial charge in [0.05, 0.1) is 21.3 Å². The van der Waals surface area contributed by atoms with E-state index in [1.807, 2.05) is 37.3 Å². The summed E-state index contributed by atoms with van der Waals surface area (Å²) in [7, 11) is 6.36. The summed E-state index contributed by atoms with van der Waals surface area (Å²) in [4.78, 5) is 17.0. The van der Waals surface area contributed by atoms with Gasteiger partial charge in [-0.2, -0.15) is 0 Å². The lowest BCUT2D eigenvalue weighted by Gasteiger charge is -2.24. The summed E-state index contributed by atoms with van der Waals surface area (Å²) in [5.41, 5.74) is 2.67. The van der Waals surface area contributed by atoms with Crippen molar-refractivity contribution in [2.75, 3.05) is 54.6 Å². The number of methoxy groups -OCH3 is 3. The van der Waals surface area contributed by atoms with Gasteiger partial charge in [-0.3, -0.25) is 4.79 Å². The topological polar surface area (TPSA) is 51.2 Å². The Morgan fingerprint density at radius 3 is 1.97 bits per heavy atom. The summed E-state index contributed by atoms with van der Waals surface area (Å²) in [6, 6.07) is 13.3. The number of ether oxygens (including phenoxy) is 3. The molecule has 6 nitrogen and oxygen atoms in total. The Bertz CT molecular complexity index is 938. The van der Waals surface area contributed by atoms with Crippen LogP contribution in [-0.4, -0.2) is 70.3 Å². The van der Waals surface area contributed by atoms with Gasteiger partial charge < -0.3 is 24.0 Å². The zero-order valence-electron chi connectivity index (χ0n) is 22.8. The molecule has 2 aromatic carbocycles. The second-order valence-electron chi connectivity index (χ2n) is 8.47. The van der Waals surface area contributed by atoms with E-state index in [-0.39, 0.29) is 5.91 Å². The first-order chi connectivity index (χ1) is 17.4. The summed E-state index contributed by atoms with van der Waals surface area (Å²) >= 11 is 0. The molecule has 196 valence electrons. The lowest BCUT2D eigenvalue weighted by molar-refractivity contribution is 0.0806. The van der Waals surface area contributed by atoms with Crippen molar-refractivity contribution >= 4 is 12.0 Å². The van der Waals surface area contributed by atoms with Crippen molar-refractivity contribution < 1.29 is 19.0 Å². The number of nitrogens with zero attached hydrogens (tertiary/aromatic N) is 2. The molecule has 0 aromatic heterocycles. The molecule has 0 unspecified atom stereocenters. The Morgan fingerprint density at radius 1 is 0.972 bits per heavy atom. The first-order valence-electron chi connectivity index (χ1n) is 12.3. The lowest BCUT2D eigenvalue weighted by atomic mass is 10.1. The number of terminal acetylenes is 1. The van der Waals surface area contributed by atoms with Crippen LogP contribution >= 0.6 is 0 Å². The van der Waals surface area contributed by atoms with Crippen LogP contribution in [0, 0.1) is 12.8 Å². The molecule has 2 aromatic rings. The van der Waals surface area contributed by atoms with Crippen LogP contribution in [0.15, 0.2) is 48.0 Å². The van der Waals surface area contributed by atoms with Gasteiger partial charge in [0.2, 0.25) is 5.75 Å². The molecular weight excluding hydrogens is 452 g/mol. The molecule has 0 saturated carbocycles. The van der Waals surface area contributed by atoms with E-state index in [0.717, 1.165) is 11.1 Å². The molecule has 1 aliphatic heterocycles. The minimum Gasteiger partial charge on any atom is -0.493 e. The standard InChI is InChI=1S/C21H25NO4.C7H15N.C2H2/c1-15(11-16-9-7-6-8-10-16)14-22(2)21(23)17-12-18(24-3)20(26-5)19(13-17)25-4;1-2-8-6-4-3-5-7-8;1-2/h6-13H,14H2,1-5H3;2-7H2,1H3;1-2H/b15-11+;;. The second-order valence-corrected chi connectivity index (χ2v) is 8.47. The average Bonchev–Trinajstić information content (AvgIpc) is 2.94. The molecule has 0 aliphatic carbocycles. The maximum atomic E-state index is 12.8. The average molecular weight is 495 g/mol. The number of amides is 1. The maximum absolute atomic E-state index is 12.8. The van der Waals surface area contributed by atoms with Crippen molar-refractivity contribution in [3.63, 3.8) is 0 Å². The molecule has 0 spiro atoms. The van der Waals surface area contributed by atoms with Crippen LogP contribution in [0.5, 0.6) is 17.2 Å². The van der Waals surface area contributed by atoms with Gasteiger partial charge in [-0.25, -0.2) is 0 Å². The van der Waals surface area contributed by atoms with Gasteiger partial charge in [0.15, 0.2) is 11.5 Å². The molecule has 1 heterocycles. The predicted molar refractivity (Wildman–Crippen MR) is 149 cm³/mol. The highest BCUT2D eigenvalue weighted by molar-refractivity contribution is 5.95. The van der Waals surface area contributed by atoms with Gasteiger partial charge in [0, 0.05) is 19.2 Å². The first kappa shape index (κ1) is 30.6. The van der Waals surface area contributed by atoms with Crippen LogP contribution in [0.25, 0.3) is 6.08 Å². The van der Waals surface area contributed by atoms with Crippen LogP contribution in [0.4, 0.5) is 0 Å². The van der Waals surface area contributed by atoms with E-state index in [4.69, 9.17) is 14.2 Å².